The molecule has 4 heteroatoms. The van der Waals surface area contributed by atoms with Gasteiger partial charge in [0, 0.05) is 18.9 Å². The summed E-state index contributed by atoms with van der Waals surface area (Å²) in [5.74, 6) is -0.325. The molecule has 0 atom stereocenters. The van der Waals surface area contributed by atoms with Crippen molar-refractivity contribution >= 4 is 11.9 Å². The van der Waals surface area contributed by atoms with Gasteiger partial charge in [-0.2, -0.15) is 0 Å². The SMILES string of the molecule is CC(=O)NCC1(COC(=O)c2ccc(C)cc2C)CC1. The van der Waals surface area contributed by atoms with Gasteiger partial charge in [0.2, 0.25) is 5.91 Å². The third-order valence-electron chi connectivity index (χ3n) is 3.78. The van der Waals surface area contributed by atoms with Gasteiger partial charge in [-0.05, 0) is 38.3 Å². The number of hydrogen-bond acceptors (Lipinski definition) is 3. The van der Waals surface area contributed by atoms with Gasteiger partial charge >= 0.3 is 5.97 Å². The fraction of sp³-hybridized carbons (Fsp3) is 0.500. The molecule has 20 heavy (non-hydrogen) atoms. The van der Waals surface area contributed by atoms with Crippen LogP contribution in [0.1, 0.15) is 41.3 Å². The van der Waals surface area contributed by atoms with Crippen molar-refractivity contribution in [2.24, 2.45) is 5.41 Å². The number of amides is 1. The molecule has 4 nitrogen and oxygen atoms in total. The van der Waals surface area contributed by atoms with E-state index in [1.807, 2.05) is 26.0 Å². The predicted molar refractivity (Wildman–Crippen MR) is 76.5 cm³/mol. The molecule has 0 saturated heterocycles. The summed E-state index contributed by atoms with van der Waals surface area (Å²) < 4.78 is 5.42. The van der Waals surface area contributed by atoms with Gasteiger partial charge in [-0.25, -0.2) is 4.79 Å². The van der Waals surface area contributed by atoms with Crippen LogP contribution in [0, 0.1) is 19.3 Å². The molecule has 1 aromatic carbocycles. The van der Waals surface area contributed by atoms with Crippen LogP contribution in [0.15, 0.2) is 18.2 Å². The fourth-order valence-corrected chi connectivity index (χ4v) is 2.20. The molecular weight excluding hydrogens is 254 g/mol. The zero-order valence-electron chi connectivity index (χ0n) is 12.3. The first-order chi connectivity index (χ1) is 9.42. The number of carbonyl (C=O) groups is 2. The molecule has 1 aliphatic carbocycles. The number of ether oxygens (including phenoxy) is 1. The topological polar surface area (TPSA) is 55.4 Å². The second-order valence-corrected chi connectivity index (χ2v) is 5.80. The van der Waals surface area contributed by atoms with Crippen molar-refractivity contribution < 1.29 is 14.3 Å². The smallest absolute Gasteiger partial charge is 0.338 e. The minimum Gasteiger partial charge on any atom is -0.461 e. The Kier molecular flexibility index (Phi) is 4.12. The van der Waals surface area contributed by atoms with Crippen LogP contribution >= 0.6 is 0 Å². The van der Waals surface area contributed by atoms with Crippen molar-refractivity contribution in [2.45, 2.75) is 33.6 Å². The number of carbonyl (C=O) groups excluding carboxylic acids is 2. The van der Waals surface area contributed by atoms with Gasteiger partial charge in [-0.1, -0.05) is 17.7 Å². The highest BCUT2D eigenvalue weighted by molar-refractivity contribution is 5.91. The van der Waals surface area contributed by atoms with E-state index >= 15 is 0 Å². The van der Waals surface area contributed by atoms with E-state index in [9.17, 15) is 9.59 Å². The average molecular weight is 275 g/mol. The van der Waals surface area contributed by atoms with E-state index < -0.39 is 0 Å². The summed E-state index contributed by atoms with van der Waals surface area (Å²) in [7, 11) is 0. The number of benzene rings is 1. The lowest BCUT2D eigenvalue weighted by molar-refractivity contribution is -0.119. The molecule has 1 saturated carbocycles. The molecule has 0 heterocycles. The Balaban J connectivity index is 1.90. The summed E-state index contributed by atoms with van der Waals surface area (Å²) in [6.45, 7) is 6.36. The normalized spacial score (nSPS) is 15.6. The van der Waals surface area contributed by atoms with E-state index in [0.717, 1.165) is 24.0 Å². The Morgan fingerprint density at radius 1 is 1.30 bits per heavy atom. The summed E-state index contributed by atoms with van der Waals surface area (Å²) in [6.07, 6.45) is 1.99. The van der Waals surface area contributed by atoms with Crippen molar-refractivity contribution in [3.8, 4) is 0 Å². The van der Waals surface area contributed by atoms with Crippen molar-refractivity contribution in [2.75, 3.05) is 13.2 Å². The van der Waals surface area contributed by atoms with Crippen LogP contribution in [-0.4, -0.2) is 25.0 Å². The van der Waals surface area contributed by atoms with Gasteiger partial charge in [0.05, 0.1) is 12.2 Å². The molecular formula is C16H21NO3. The number of hydrogen-bond donors (Lipinski definition) is 1. The molecule has 0 aliphatic heterocycles. The lowest BCUT2D eigenvalue weighted by Gasteiger charge is -2.16. The lowest BCUT2D eigenvalue weighted by Crippen LogP contribution is -2.31. The molecule has 1 fully saturated rings. The van der Waals surface area contributed by atoms with Crippen molar-refractivity contribution in [3.63, 3.8) is 0 Å². The van der Waals surface area contributed by atoms with Gasteiger partial charge in [0.1, 0.15) is 0 Å². The van der Waals surface area contributed by atoms with Gasteiger partial charge in [-0.15, -0.1) is 0 Å². The van der Waals surface area contributed by atoms with Crippen LogP contribution in [0.2, 0.25) is 0 Å². The first-order valence-electron chi connectivity index (χ1n) is 6.91. The average Bonchev–Trinajstić information content (AvgIpc) is 3.14. The maximum absolute atomic E-state index is 12.1. The Bertz CT molecular complexity index is 533. The maximum atomic E-state index is 12.1. The first-order valence-corrected chi connectivity index (χ1v) is 6.91. The standard InChI is InChI=1S/C16H21NO3/c1-11-4-5-14(12(2)8-11)15(19)20-10-16(6-7-16)9-17-13(3)18/h4-5,8H,6-7,9-10H2,1-3H3,(H,17,18). The third-order valence-corrected chi connectivity index (χ3v) is 3.78. The zero-order valence-corrected chi connectivity index (χ0v) is 12.3. The minimum atomic E-state index is -0.281. The van der Waals surface area contributed by atoms with Gasteiger partial charge in [0.25, 0.3) is 0 Å². The highest BCUT2D eigenvalue weighted by Gasteiger charge is 2.44. The lowest BCUT2D eigenvalue weighted by atomic mass is 10.1. The Morgan fingerprint density at radius 3 is 2.55 bits per heavy atom. The van der Waals surface area contributed by atoms with Gasteiger partial charge < -0.3 is 10.1 Å². The predicted octanol–water partition coefficient (Wildman–Crippen LogP) is 2.38. The number of aryl methyl sites for hydroxylation is 2. The molecule has 2 rings (SSSR count). The first kappa shape index (κ1) is 14.6. The fourth-order valence-electron chi connectivity index (χ4n) is 2.20. The summed E-state index contributed by atoms with van der Waals surface area (Å²) in [5.41, 5.74) is 2.64. The molecule has 1 amide bonds. The Hall–Kier alpha value is -1.84. The van der Waals surface area contributed by atoms with E-state index in [-0.39, 0.29) is 17.3 Å². The Labute approximate surface area is 119 Å². The van der Waals surface area contributed by atoms with Crippen LogP contribution < -0.4 is 5.32 Å². The minimum absolute atomic E-state index is 0.0417. The van der Waals surface area contributed by atoms with Crippen molar-refractivity contribution in [3.05, 3.63) is 34.9 Å². The maximum Gasteiger partial charge on any atom is 0.338 e. The highest BCUT2D eigenvalue weighted by Crippen LogP contribution is 2.45. The molecule has 0 radical (unpaired) electrons. The largest absolute Gasteiger partial charge is 0.461 e. The van der Waals surface area contributed by atoms with Crippen LogP contribution in [0.25, 0.3) is 0 Å². The van der Waals surface area contributed by atoms with E-state index in [2.05, 4.69) is 5.32 Å². The van der Waals surface area contributed by atoms with Crippen LogP contribution in [0.4, 0.5) is 0 Å². The number of rotatable bonds is 5. The van der Waals surface area contributed by atoms with E-state index in [4.69, 9.17) is 4.74 Å². The van der Waals surface area contributed by atoms with Crippen molar-refractivity contribution in [1.29, 1.82) is 0 Å². The molecule has 0 spiro atoms. The monoisotopic (exact) mass is 275 g/mol. The molecule has 0 unspecified atom stereocenters. The van der Waals surface area contributed by atoms with Gasteiger partial charge in [0.15, 0.2) is 0 Å². The van der Waals surface area contributed by atoms with Crippen LogP contribution in [0.5, 0.6) is 0 Å². The molecule has 0 bridgehead atoms. The summed E-state index contributed by atoms with van der Waals surface area (Å²) in [4.78, 5) is 23.0. The van der Waals surface area contributed by atoms with Crippen LogP contribution in [0.3, 0.4) is 0 Å². The molecule has 1 N–H and O–H groups in total. The second-order valence-electron chi connectivity index (χ2n) is 5.80. The Morgan fingerprint density at radius 2 is 2.00 bits per heavy atom. The summed E-state index contributed by atoms with van der Waals surface area (Å²) in [6, 6.07) is 5.69. The summed E-state index contributed by atoms with van der Waals surface area (Å²) >= 11 is 0. The summed E-state index contributed by atoms with van der Waals surface area (Å²) in [5, 5.41) is 2.80. The number of nitrogens with one attached hydrogen (secondary N) is 1. The molecule has 0 aromatic heterocycles. The molecule has 108 valence electrons. The number of esters is 1. The highest BCUT2D eigenvalue weighted by atomic mass is 16.5. The zero-order chi connectivity index (χ0) is 14.8. The van der Waals surface area contributed by atoms with E-state index in [1.54, 1.807) is 6.07 Å². The third kappa shape index (κ3) is 3.59. The van der Waals surface area contributed by atoms with E-state index in [1.165, 1.54) is 6.92 Å². The second kappa shape index (κ2) is 5.65. The van der Waals surface area contributed by atoms with Crippen molar-refractivity contribution in [1.82, 2.24) is 5.32 Å². The van der Waals surface area contributed by atoms with E-state index in [0.29, 0.717) is 18.7 Å². The molecule has 1 aliphatic rings. The van der Waals surface area contributed by atoms with Gasteiger partial charge in [-0.3, -0.25) is 4.79 Å². The van der Waals surface area contributed by atoms with Crippen LogP contribution in [-0.2, 0) is 9.53 Å². The quantitative estimate of drug-likeness (QED) is 0.839. The molecule has 1 aromatic rings.